The first-order chi connectivity index (χ1) is 8.74. The molecule has 1 saturated heterocycles. The van der Waals surface area contributed by atoms with E-state index in [1.165, 1.54) is 25.5 Å². The lowest BCUT2D eigenvalue weighted by atomic mass is 9.94. The average molecular weight is 249 g/mol. The topological polar surface area (TPSA) is 65.5 Å². The van der Waals surface area contributed by atoms with Crippen LogP contribution in [0.2, 0.25) is 0 Å². The normalized spacial score (nSPS) is 16.7. The maximum absolute atomic E-state index is 11.2. The molecule has 0 atom stereocenters. The number of piperidine rings is 1. The third-order valence-electron chi connectivity index (χ3n) is 3.63. The lowest BCUT2D eigenvalue weighted by Gasteiger charge is -2.32. The van der Waals surface area contributed by atoms with Gasteiger partial charge in [0.1, 0.15) is 5.82 Å². The van der Waals surface area contributed by atoms with Crippen LogP contribution in [-0.4, -0.2) is 29.2 Å². The molecule has 98 valence electrons. The van der Waals surface area contributed by atoms with Crippen LogP contribution in [-0.2, 0) is 0 Å². The molecule has 18 heavy (non-hydrogen) atoms. The van der Waals surface area contributed by atoms with Gasteiger partial charge in [0.25, 0.3) is 5.91 Å². The minimum absolute atomic E-state index is 0.365. The van der Waals surface area contributed by atoms with Crippen molar-refractivity contribution < 1.29 is 10.0 Å². The van der Waals surface area contributed by atoms with E-state index in [2.05, 4.69) is 16.8 Å². The Morgan fingerprint density at radius 1 is 1.50 bits per heavy atom. The number of hydrogen-bond donors (Lipinski definition) is 2. The molecule has 2 N–H and O–H groups in total. The molecule has 2 heterocycles. The van der Waals surface area contributed by atoms with Gasteiger partial charge in [-0.25, -0.2) is 10.5 Å². The van der Waals surface area contributed by atoms with Gasteiger partial charge >= 0.3 is 0 Å². The maximum Gasteiger partial charge on any atom is 0.276 e. The van der Waals surface area contributed by atoms with Crippen LogP contribution < -0.4 is 10.4 Å². The number of rotatable bonds is 3. The molecule has 1 aliphatic heterocycles. The average Bonchev–Trinajstić information content (AvgIpc) is 2.47. The Morgan fingerprint density at radius 2 is 2.22 bits per heavy atom. The van der Waals surface area contributed by atoms with Crippen molar-refractivity contribution in [3.05, 3.63) is 23.9 Å². The maximum atomic E-state index is 11.2. The molecule has 1 aliphatic rings. The SMILES string of the molecule is CCC1CCN(c2ccc(C(=O)NO)cn2)CC1. The highest BCUT2D eigenvalue weighted by Crippen LogP contribution is 2.23. The highest BCUT2D eigenvalue weighted by atomic mass is 16.5. The molecule has 5 nitrogen and oxygen atoms in total. The van der Waals surface area contributed by atoms with Gasteiger partial charge in [0.05, 0.1) is 5.56 Å². The first-order valence-corrected chi connectivity index (χ1v) is 6.40. The summed E-state index contributed by atoms with van der Waals surface area (Å²) in [5.74, 6) is 1.21. The fraction of sp³-hybridized carbons (Fsp3) is 0.538. The molecule has 1 fully saturated rings. The van der Waals surface area contributed by atoms with Gasteiger partial charge in [0, 0.05) is 19.3 Å². The van der Waals surface area contributed by atoms with Gasteiger partial charge in [-0.1, -0.05) is 13.3 Å². The predicted octanol–water partition coefficient (Wildman–Crippen LogP) is 1.83. The van der Waals surface area contributed by atoms with Crippen molar-refractivity contribution in [1.29, 1.82) is 0 Å². The lowest BCUT2D eigenvalue weighted by Crippen LogP contribution is -2.34. The van der Waals surface area contributed by atoms with Crippen LogP contribution in [0.4, 0.5) is 5.82 Å². The number of pyridine rings is 1. The van der Waals surface area contributed by atoms with Crippen LogP contribution in [0, 0.1) is 5.92 Å². The number of anilines is 1. The second-order valence-electron chi connectivity index (χ2n) is 4.68. The Hall–Kier alpha value is -1.62. The second-order valence-corrected chi connectivity index (χ2v) is 4.68. The van der Waals surface area contributed by atoms with E-state index in [0.717, 1.165) is 24.8 Å². The third kappa shape index (κ3) is 2.79. The summed E-state index contributed by atoms with van der Waals surface area (Å²) in [6.07, 6.45) is 5.15. The summed E-state index contributed by atoms with van der Waals surface area (Å²) < 4.78 is 0. The van der Waals surface area contributed by atoms with Crippen molar-refractivity contribution in [2.45, 2.75) is 26.2 Å². The molecule has 0 bridgehead atoms. The van der Waals surface area contributed by atoms with E-state index >= 15 is 0 Å². The van der Waals surface area contributed by atoms with Crippen LogP contribution in [0.1, 0.15) is 36.5 Å². The molecule has 0 spiro atoms. The van der Waals surface area contributed by atoms with E-state index in [0.29, 0.717) is 5.56 Å². The largest absolute Gasteiger partial charge is 0.357 e. The number of nitrogens with zero attached hydrogens (tertiary/aromatic N) is 2. The molecule has 0 saturated carbocycles. The number of carbonyl (C=O) groups is 1. The molecule has 5 heteroatoms. The summed E-state index contributed by atoms with van der Waals surface area (Å²) in [5, 5.41) is 8.52. The number of aromatic nitrogens is 1. The lowest BCUT2D eigenvalue weighted by molar-refractivity contribution is 0.0706. The van der Waals surface area contributed by atoms with E-state index in [1.54, 1.807) is 11.5 Å². The molecule has 0 radical (unpaired) electrons. The molecular weight excluding hydrogens is 230 g/mol. The molecule has 0 unspecified atom stereocenters. The van der Waals surface area contributed by atoms with Gasteiger partial charge in [-0.15, -0.1) is 0 Å². The van der Waals surface area contributed by atoms with Gasteiger partial charge in [-0.2, -0.15) is 0 Å². The van der Waals surface area contributed by atoms with Crippen LogP contribution in [0.25, 0.3) is 0 Å². The summed E-state index contributed by atoms with van der Waals surface area (Å²) >= 11 is 0. The van der Waals surface area contributed by atoms with E-state index in [-0.39, 0.29) is 0 Å². The minimum Gasteiger partial charge on any atom is -0.357 e. The minimum atomic E-state index is -0.529. The van der Waals surface area contributed by atoms with Crippen LogP contribution in [0.3, 0.4) is 0 Å². The molecule has 1 aromatic heterocycles. The number of hydrogen-bond acceptors (Lipinski definition) is 4. The summed E-state index contributed by atoms with van der Waals surface area (Å²) in [5.41, 5.74) is 1.97. The van der Waals surface area contributed by atoms with E-state index in [1.807, 2.05) is 6.07 Å². The van der Waals surface area contributed by atoms with E-state index in [4.69, 9.17) is 5.21 Å². The smallest absolute Gasteiger partial charge is 0.276 e. The molecular formula is C13H19N3O2. The zero-order valence-electron chi connectivity index (χ0n) is 10.6. The summed E-state index contributed by atoms with van der Waals surface area (Å²) in [4.78, 5) is 17.7. The molecule has 0 aliphatic carbocycles. The highest BCUT2D eigenvalue weighted by molar-refractivity contribution is 5.93. The standard InChI is InChI=1S/C13H19N3O2/c1-2-10-5-7-16(8-6-10)12-4-3-11(9-14-12)13(17)15-18/h3-4,9-10,18H,2,5-8H2,1H3,(H,15,17). The first-order valence-electron chi connectivity index (χ1n) is 6.40. The zero-order valence-corrected chi connectivity index (χ0v) is 10.6. The fourth-order valence-corrected chi connectivity index (χ4v) is 2.34. The van der Waals surface area contributed by atoms with Crippen LogP contribution in [0.5, 0.6) is 0 Å². The van der Waals surface area contributed by atoms with Gasteiger partial charge in [-0.3, -0.25) is 10.0 Å². The van der Waals surface area contributed by atoms with E-state index in [9.17, 15) is 4.79 Å². The fourth-order valence-electron chi connectivity index (χ4n) is 2.34. The Balaban J connectivity index is 2.00. The van der Waals surface area contributed by atoms with Gasteiger partial charge in [-0.05, 0) is 30.9 Å². The quantitative estimate of drug-likeness (QED) is 0.633. The number of nitrogens with one attached hydrogen (secondary N) is 1. The summed E-state index contributed by atoms with van der Waals surface area (Å²) in [6.45, 7) is 4.29. The Bertz CT molecular complexity index is 397. The van der Waals surface area contributed by atoms with Crippen molar-refractivity contribution in [1.82, 2.24) is 10.5 Å². The number of carbonyl (C=O) groups excluding carboxylic acids is 1. The van der Waals surface area contributed by atoms with Crippen molar-refractivity contribution in [3.63, 3.8) is 0 Å². The Morgan fingerprint density at radius 3 is 2.72 bits per heavy atom. The van der Waals surface area contributed by atoms with Crippen LogP contribution in [0.15, 0.2) is 18.3 Å². The number of hydroxylamine groups is 1. The van der Waals surface area contributed by atoms with Crippen molar-refractivity contribution >= 4 is 11.7 Å². The van der Waals surface area contributed by atoms with Crippen molar-refractivity contribution in [2.75, 3.05) is 18.0 Å². The molecule has 0 aromatic carbocycles. The highest BCUT2D eigenvalue weighted by Gasteiger charge is 2.18. The van der Waals surface area contributed by atoms with Crippen molar-refractivity contribution in [3.8, 4) is 0 Å². The Kier molecular flexibility index (Phi) is 4.15. The van der Waals surface area contributed by atoms with Gasteiger partial charge in [0.15, 0.2) is 0 Å². The van der Waals surface area contributed by atoms with E-state index < -0.39 is 5.91 Å². The van der Waals surface area contributed by atoms with Crippen LogP contribution >= 0.6 is 0 Å². The molecule has 1 amide bonds. The van der Waals surface area contributed by atoms with Crippen molar-refractivity contribution in [2.24, 2.45) is 5.92 Å². The van der Waals surface area contributed by atoms with Gasteiger partial charge < -0.3 is 4.90 Å². The first kappa shape index (κ1) is 12.8. The predicted molar refractivity (Wildman–Crippen MR) is 68.7 cm³/mol. The number of amides is 1. The third-order valence-corrected chi connectivity index (χ3v) is 3.63. The second kappa shape index (κ2) is 5.82. The molecule has 2 rings (SSSR count). The Labute approximate surface area is 107 Å². The molecule has 1 aromatic rings. The van der Waals surface area contributed by atoms with Gasteiger partial charge in [0.2, 0.25) is 0 Å². The zero-order chi connectivity index (χ0) is 13.0. The summed E-state index contributed by atoms with van der Waals surface area (Å²) in [6, 6.07) is 3.51. The summed E-state index contributed by atoms with van der Waals surface area (Å²) in [7, 11) is 0. The monoisotopic (exact) mass is 249 g/mol.